The number of rotatable bonds is 5. The minimum absolute atomic E-state index is 0.541. The van der Waals surface area contributed by atoms with Gasteiger partial charge in [-0.3, -0.25) is 0 Å². The van der Waals surface area contributed by atoms with Gasteiger partial charge >= 0.3 is 0 Å². The van der Waals surface area contributed by atoms with Crippen LogP contribution in [-0.4, -0.2) is 30.2 Å². The molecule has 1 heterocycles. The van der Waals surface area contributed by atoms with Gasteiger partial charge in [-0.2, -0.15) is 4.98 Å². The first-order valence-corrected chi connectivity index (χ1v) is 5.78. The van der Waals surface area contributed by atoms with Crippen molar-refractivity contribution in [2.75, 3.05) is 14.2 Å². The Kier molecular flexibility index (Phi) is 3.39. The molecule has 4 heteroatoms. The third kappa shape index (κ3) is 2.70. The van der Waals surface area contributed by atoms with Crippen molar-refractivity contribution in [3.05, 3.63) is 17.6 Å². The Morgan fingerprint density at radius 3 is 2.81 bits per heavy atom. The average Bonchev–Trinajstić information content (AvgIpc) is 3.09. The van der Waals surface area contributed by atoms with Crippen LogP contribution < -0.4 is 10.1 Å². The highest BCUT2D eigenvalue weighted by atomic mass is 16.5. The lowest BCUT2D eigenvalue weighted by Crippen LogP contribution is -2.30. The van der Waals surface area contributed by atoms with Crippen LogP contribution in [0.4, 0.5) is 0 Å². The van der Waals surface area contributed by atoms with Gasteiger partial charge in [-0.05, 0) is 32.7 Å². The van der Waals surface area contributed by atoms with Gasteiger partial charge in [0, 0.05) is 24.2 Å². The molecule has 1 atom stereocenters. The first-order chi connectivity index (χ1) is 7.72. The predicted molar refractivity (Wildman–Crippen MR) is 62.6 cm³/mol. The van der Waals surface area contributed by atoms with Gasteiger partial charge in [0.2, 0.25) is 5.88 Å². The topological polar surface area (TPSA) is 47.0 Å². The molecule has 0 radical (unpaired) electrons. The van der Waals surface area contributed by atoms with Gasteiger partial charge in [0.15, 0.2) is 0 Å². The van der Waals surface area contributed by atoms with Crippen LogP contribution in [0.5, 0.6) is 5.88 Å². The van der Waals surface area contributed by atoms with E-state index in [9.17, 15) is 0 Å². The molecule has 88 valence electrons. The summed E-state index contributed by atoms with van der Waals surface area (Å²) in [6.07, 6.45) is 3.64. The Morgan fingerprint density at radius 1 is 1.50 bits per heavy atom. The molecule has 0 aromatic carbocycles. The summed E-state index contributed by atoms with van der Waals surface area (Å²) >= 11 is 0. The highest BCUT2D eigenvalue weighted by Gasteiger charge is 2.30. The summed E-state index contributed by atoms with van der Waals surface area (Å²) in [7, 11) is 3.66. The lowest BCUT2D eigenvalue weighted by atomic mass is 10.1. The predicted octanol–water partition coefficient (Wildman–Crippen LogP) is 1.33. The van der Waals surface area contributed by atoms with E-state index in [0.717, 1.165) is 23.9 Å². The monoisotopic (exact) mass is 221 g/mol. The van der Waals surface area contributed by atoms with Crippen molar-refractivity contribution in [1.29, 1.82) is 0 Å². The van der Waals surface area contributed by atoms with Crippen molar-refractivity contribution < 1.29 is 4.74 Å². The van der Waals surface area contributed by atoms with E-state index in [4.69, 9.17) is 4.74 Å². The van der Waals surface area contributed by atoms with Gasteiger partial charge in [0.1, 0.15) is 5.82 Å². The lowest BCUT2D eigenvalue weighted by molar-refractivity contribution is 0.393. The smallest absolute Gasteiger partial charge is 0.216 e. The van der Waals surface area contributed by atoms with Crippen molar-refractivity contribution in [2.24, 2.45) is 5.92 Å². The van der Waals surface area contributed by atoms with E-state index >= 15 is 0 Å². The number of methoxy groups -OCH3 is 1. The van der Waals surface area contributed by atoms with Crippen molar-refractivity contribution in [1.82, 2.24) is 15.3 Å². The number of nitrogens with zero attached hydrogens (tertiary/aromatic N) is 2. The maximum absolute atomic E-state index is 5.16. The summed E-state index contributed by atoms with van der Waals surface area (Å²) < 4.78 is 5.16. The van der Waals surface area contributed by atoms with E-state index < -0.39 is 0 Å². The quantitative estimate of drug-likeness (QED) is 0.815. The minimum Gasteiger partial charge on any atom is -0.481 e. The normalized spacial score (nSPS) is 17.2. The van der Waals surface area contributed by atoms with Gasteiger partial charge < -0.3 is 10.1 Å². The molecule has 0 amide bonds. The second-order valence-electron chi connectivity index (χ2n) is 4.39. The standard InChI is InChI=1S/C12H19N3O/c1-8-14-10(7-12(15-8)16-3)6-11(13-2)9-4-5-9/h7,9,11,13H,4-6H2,1-3H3. The molecule has 4 nitrogen and oxygen atoms in total. The lowest BCUT2D eigenvalue weighted by Gasteiger charge is -2.15. The maximum atomic E-state index is 5.16. The fraction of sp³-hybridized carbons (Fsp3) is 0.667. The fourth-order valence-electron chi connectivity index (χ4n) is 2.04. The van der Waals surface area contributed by atoms with Crippen molar-refractivity contribution >= 4 is 0 Å². The summed E-state index contributed by atoms with van der Waals surface area (Å²) in [6, 6.07) is 2.47. The van der Waals surface area contributed by atoms with Crippen molar-refractivity contribution in [3.8, 4) is 5.88 Å². The van der Waals surface area contributed by atoms with Crippen LogP contribution in [0.3, 0.4) is 0 Å². The molecule has 16 heavy (non-hydrogen) atoms. The first kappa shape index (κ1) is 11.3. The summed E-state index contributed by atoms with van der Waals surface area (Å²) in [4.78, 5) is 8.64. The van der Waals surface area contributed by atoms with Gasteiger partial charge in [-0.15, -0.1) is 0 Å². The average molecular weight is 221 g/mol. The van der Waals surface area contributed by atoms with E-state index in [0.29, 0.717) is 11.9 Å². The largest absolute Gasteiger partial charge is 0.481 e. The van der Waals surface area contributed by atoms with E-state index in [1.165, 1.54) is 12.8 Å². The summed E-state index contributed by atoms with van der Waals surface area (Å²) in [6.45, 7) is 1.90. The SMILES string of the molecule is CNC(Cc1cc(OC)nc(C)n1)C1CC1. The molecular formula is C12H19N3O. The van der Waals surface area contributed by atoms with Crippen molar-refractivity contribution in [3.63, 3.8) is 0 Å². The number of nitrogens with one attached hydrogen (secondary N) is 1. The zero-order valence-corrected chi connectivity index (χ0v) is 10.2. The molecule has 1 aliphatic carbocycles. The summed E-state index contributed by atoms with van der Waals surface area (Å²) in [5.74, 6) is 2.26. The number of hydrogen-bond donors (Lipinski definition) is 1. The first-order valence-electron chi connectivity index (χ1n) is 5.78. The van der Waals surface area contributed by atoms with Crippen LogP contribution in [0.15, 0.2) is 6.07 Å². The molecule has 1 aromatic rings. The van der Waals surface area contributed by atoms with Crippen LogP contribution >= 0.6 is 0 Å². The molecule has 1 aromatic heterocycles. The van der Waals surface area contributed by atoms with Crippen LogP contribution in [0, 0.1) is 12.8 Å². The van der Waals surface area contributed by atoms with E-state index in [-0.39, 0.29) is 0 Å². The second-order valence-corrected chi connectivity index (χ2v) is 4.39. The number of ether oxygens (including phenoxy) is 1. The van der Waals surface area contributed by atoms with Crippen LogP contribution in [0.1, 0.15) is 24.4 Å². The van der Waals surface area contributed by atoms with Gasteiger partial charge in [-0.1, -0.05) is 0 Å². The summed E-state index contributed by atoms with van der Waals surface area (Å²) in [5, 5.41) is 3.37. The Balaban J connectivity index is 2.09. The Morgan fingerprint density at radius 2 is 2.25 bits per heavy atom. The highest BCUT2D eigenvalue weighted by Crippen LogP contribution is 2.33. The molecule has 1 aliphatic rings. The molecule has 0 bridgehead atoms. The molecule has 2 rings (SSSR count). The molecule has 1 unspecified atom stereocenters. The number of hydrogen-bond acceptors (Lipinski definition) is 4. The van der Waals surface area contributed by atoms with E-state index in [1.807, 2.05) is 20.0 Å². The molecular weight excluding hydrogens is 202 g/mol. The van der Waals surface area contributed by atoms with E-state index in [1.54, 1.807) is 7.11 Å². The van der Waals surface area contributed by atoms with Gasteiger partial charge in [0.05, 0.1) is 7.11 Å². The van der Waals surface area contributed by atoms with Gasteiger partial charge in [0.25, 0.3) is 0 Å². The molecule has 0 saturated heterocycles. The third-order valence-corrected chi connectivity index (χ3v) is 3.07. The van der Waals surface area contributed by atoms with Crippen molar-refractivity contribution in [2.45, 2.75) is 32.2 Å². The van der Waals surface area contributed by atoms with Crippen LogP contribution in [0.25, 0.3) is 0 Å². The number of aryl methyl sites for hydroxylation is 1. The summed E-state index contributed by atoms with van der Waals surface area (Å²) in [5.41, 5.74) is 1.07. The van der Waals surface area contributed by atoms with Crippen LogP contribution in [-0.2, 0) is 6.42 Å². The third-order valence-electron chi connectivity index (χ3n) is 3.07. The molecule has 1 saturated carbocycles. The van der Waals surface area contributed by atoms with Crippen LogP contribution in [0.2, 0.25) is 0 Å². The number of aromatic nitrogens is 2. The maximum Gasteiger partial charge on any atom is 0.216 e. The zero-order valence-electron chi connectivity index (χ0n) is 10.2. The van der Waals surface area contributed by atoms with Gasteiger partial charge in [-0.25, -0.2) is 4.98 Å². The Hall–Kier alpha value is -1.16. The Bertz CT molecular complexity index is 363. The second kappa shape index (κ2) is 4.78. The fourth-order valence-corrected chi connectivity index (χ4v) is 2.04. The molecule has 0 spiro atoms. The van der Waals surface area contributed by atoms with E-state index in [2.05, 4.69) is 15.3 Å². The zero-order chi connectivity index (χ0) is 11.5. The Labute approximate surface area is 96.4 Å². The minimum atomic E-state index is 0.541. The highest BCUT2D eigenvalue weighted by molar-refractivity contribution is 5.17. The number of likely N-dealkylation sites (N-methyl/N-ethyl adjacent to an activating group) is 1. The molecule has 0 aliphatic heterocycles. The molecule has 1 N–H and O–H groups in total. The molecule has 1 fully saturated rings.